The Morgan fingerprint density at radius 1 is 1.29 bits per heavy atom. The van der Waals surface area contributed by atoms with Gasteiger partial charge in [0.2, 0.25) is 0 Å². The summed E-state index contributed by atoms with van der Waals surface area (Å²) in [6, 6.07) is 0. The fourth-order valence-corrected chi connectivity index (χ4v) is 2.70. The van der Waals surface area contributed by atoms with E-state index in [-0.39, 0.29) is 0 Å². The van der Waals surface area contributed by atoms with Crippen molar-refractivity contribution in [1.29, 1.82) is 0 Å². The summed E-state index contributed by atoms with van der Waals surface area (Å²) in [7, 11) is 1.80. The minimum Gasteiger partial charge on any atom is -0.384 e. The average molecular weight is 199 g/mol. The Morgan fingerprint density at radius 2 is 2.00 bits per heavy atom. The molecule has 0 bridgehead atoms. The number of hydrogen-bond acceptors (Lipinski definition) is 2. The summed E-state index contributed by atoms with van der Waals surface area (Å²) in [5.41, 5.74) is 5.79. The van der Waals surface area contributed by atoms with Gasteiger partial charge in [-0.1, -0.05) is 13.8 Å². The van der Waals surface area contributed by atoms with Gasteiger partial charge in [-0.05, 0) is 49.5 Å². The van der Waals surface area contributed by atoms with E-state index < -0.39 is 0 Å². The van der Waals surface area contributed by atoms with E-state index in [4.69, 9.17) is 10.5 Å². The van der Waals surface area contributed by atoms with Gasteiger partial charge in [-0.15, -0.1) is 0 Å². The summed E-state index contributed by atoms with van der Waals surface area (Å²) < 4.78 is 5.29. The maximum atomic E-state index is 5.79. The minimum atomic E-state index is 0.699. The molecule has 84 valence electrons. The van der Waals surface area contributed by atoms with Gasteiger partial charge in [-0.25, -0.2) is 0 Å². The second kappa shape index (κ2) is 5.72. The summed E-state index contributed by atoms with van der Waals surface area (Å²) in [4.78, 5) is 0. The van der Waals surface area contributed by atoms with Gasteiger partial charge in [0.25, 0.3) is 0 Å². The lowest BCUT2D eigenvalue weighted by atomic mass is 9.71. The maximum Gasteiger partial charge on any atom is 0.0493 e. The zero-order valence-electron chi connectivity index (χ0n) is 9.83. The van der Waals surface area contributed by atoms with Gasteiger partial charge < -0.3 is 10.5 Å². The third-order valence-corrected chi connectivity index (χ3v) is 3.81. The second-order valence-electron chi connectivity index (χ2n) is 5.03. The highest BCUT2D eigenvalue weighted by Gasteiger charge is 2.30. The van der Waals surface area contributed by atoms with Crippen molar-refractivity contribution in [3.8, 4) is 0 Å². The number of methoxy groups -OCH3 is 1. The molecule has 0 heterocycles. The van der Waals surface area contributed by atoms with Crippen molar-refractivity contribution in [1.82, 2.24) is 0 Å². The van der Waals surface area contributed by atoms with Crippen molar-refractivity contribution in [3.63, 3.8) is 0 Å². The van der Waals surface area contributed by atoms with Crippen LogP contribution in [0.5, 0.6) is 0 Å². The Hall–Kier alpha value is -0.0800. The number of rotatable bonds is 4. The van der Waals surface area contributed by atoms with Crippen LogP contribution in [-0.2, 0) is 4.74 Å². The van der Waals surface area contributed by atoms with Crippen LogP contribution < -0.4 is 5.73 Å². The Bertz CT molecular complexity index is 158. The van der Waals surface area contributed by atoms with E-state index in [0.717, 1.165) is 25.0 Å². The van der Waals surface area contributed by atoms with Crippen LogP contribution in [0, 0.1) is 23.7 Å². The molecule has 0 aromatic carbocycles. The largest absolute Gasteiger partial charge is 0.384 e. The van der Waals surface area contributed by atoms with Crippen LogP contribution in [0.25, 0.3) is 0 Å². The Labute approximate surface area is 88.2 Å². The molecule has 0 aliphatic heterocycles. The molecular weight excluding hydrogens is 174 g/mol. The van der Waals surface area contributed by atoms with Crippen LogP contribution >= 0.6 is 0 Å². The van der Waals surface area contributed by atoms with E-state index in [9.17, 15) is 0 Å². The quantitative estimate of drug-likeness (QED) is 0.754. The zero-order chi connectivity index (χ0) is 10.6. The highest BCUT2D eigenvalue weighted by molar-refractivity contribution is 4.81. The lowest BCUT2D eigenvalue weighted by Crippen LogP contribution is -2.34. The zero-order valence-corrected chi connectivity index (χ0v) is 9.83. The topological polar surface area (TPSA) is 35.2 Å². The van der Waals surface area contributed by atoms with Crippen molar-refractivity contribution in [2.75, 3.05) is 20.3 Å². The molecule has 1 aliphatic rings. The first-order chi connectivity index (χ1) is 6.69. The van der Waals surface area contributed by atoms with Crippen LogP contribution in [0.4, 0.5) is 0 Å². The van der Waals surface area contributed by atoms with E-state index >= 15 is 0 Å². The lowest BCUT2D eigenvalue weighted by Gasteiger charge is -2.37. The van der Waals surface area contributed by atoms with Crippen molar-refractivity contribution in [2.24, 2.45) is 29.4 Å². The first kappa shape index (κ1) is 12.0. The van der Waals surface area contributed by atoms with Gasteiger partial charge in [-0.2, -0.15) is 0 Å². The van der Waals surface area contributed by atoms with Crippen LogP contribution in [0.3, 0.4) is 0 Å². The van der Waals surface area contributed by atoms with Crippen molar-refractivity contribution >= 4 is 0 Å². The van der Waals surface area contributed by atoms with E-state index in [1.807, 2.05) is 0 Å². The molecule has 0 saturated heterocycles. The summed E-state index contributed by atoms with van der Waals surface area (Å²) in [5, 5.41) is 0. The van der Waals surface area contributed by atoms with Gasteiger partial charge in [0.05, 0.1) is 0 Å². The molecule has 1 rings (SSSR count). The first-order valence-electron chi connectivity index (χ1n) is 5.88. The van der Waals surface area contributed by atoms with Gasteiger partial charge in [0.15, 0.2) is 0 Å². The monoisotopic (exact) mass is 199 g/mol. The second-order valence-corrected chi connectivity index (χ2v) is 5.03. The molecule has 2 N–H and O–H groups in total. The Morgan fingerprint density at radius 3 is 2.50 bits per heavy atom. The SMILES string of the molecule is COCC1CC(C(C)C)CCC1CN. The van der Waals surface area contributed by atoms with Gasteiger partial charge in [-0.3, -0.25) is 0 Å². The van der Waals surface area contributed by atoms with Gasteiger partial charge >= 0.3 is 0 Å². The van der Waals surface area contributed by atoms with E-state index in [1.54, 1.807) is 7.11 Å². The molecule has 1 aliphatic carbocycles. The first-order valence-corrected chi connectivity index (χ1v) is 5.88. The summed E-state index contributed by atoms with van der Waals surface area (Å²) >= 11 is 0. The molecule has 0 aromatic heterocycles. The van der Waals surface area contributed by atoms with E-state index in [2.05, 4.69) is 13.8 Å². The molecule has 0 aromatic rings. The summed E-state index contributed by atoms with van der Waals surface area (Å²) in [5.74, 6) is 3.10. The Kier molecular flexibility index (Phi) is 4.90. The molecule has 0 amide bonds. The molecule has 0 spiro atoms. The highest BCUT2D eigenvalue weighted by Crippen LogP contribution is 2.37. The molecule has 2 heteroatoms. The number of hydrogen-bond donors (Lipinski definition) is 1. The van der Waals surface area contributed by atoms with Gasteiger partial charge in [0, 0.05) is 13.7 Å². The number of ether oxygens (including phenoxy) is 1. The van der Waals surface area contributed by atoms with Gasteiger partial charge in [0.1, 0.15) is 0 Å². The number of nitrogens with two attached hydrogens (primary N) is 1. The molecule has 2 nitrogen and oxygen atoms in total. The smallest absolute Gasteiger partial charge is 0.0493 e. The van der Waals surface area contributed by atoms with Crippen molar-refractivity contribution in [2.45, 2.75) is 33.1 Å². The minimum absolute atomic E-state index is 0.699. The summed E-state index contributed by atoms with van der Waals surface area (Å²) in [6.07, 6.45) is 3.97. The van der Waals surface area contributed by atoms with E-state index in [1.165, 1.54) is 19.3 Å². The molecule has 3 unspecified atom stereocenters. The van der Waals surface area contributed by atoms with Crippen molar-refractivity contribution < 1.29 is 4.74 Å². The fraction of sp³-hybridized carbons (Fsp3) is 1.00. The Balaban J connectivity index is 2.48. The third kappa shape index (κ3) is 2.96. The molecule has 14 heavy (non-hydrogen) atoms. The lowest BCUT2D eigenvalue weighted by molar-refractivity contribution is 0.0657. The predicted octanol–water partition coefficient (Wildman–Crippen LogP) is 2.28. The molecule has 0 radical (unpaired) electrons. The fourth-order valence-electron chi connectivity index (χ4n) is 2.70. The van der Waals surface area contributed by atoms with Crippen LogP contribution in [-0.4, -0.2) is 20.3 Å². The van der Waals surface area contributed by atoms with Crippen LogP contribution in [0.2, 0.25) is 0 Å². The van der Waals surface area contributed by atoms with E-state index in [0.29, 0.717) is 11.8 Å². The third-order valence-electron chi connectivity index (χ3n) is 3.81. The van der Waals surface area contributed by atoms with Crippen LogP contribution in [0.1, 0.15) is 33.1 Å². The highest BCUT2D eigenvalue weighted by atomic mass is 16.5. The summed E-state index contributed by atoms with van der Waals surface area (Å²) in [6.45, 7) is 6.39. The standard InChI is InChI=1S/C12H25NO/c1-9(2)10-4-5-11(7-13)12(6-10)8-14-3/h9-12H,4-8,13H2,1-3H3. The predicted molar refractivity (Wildman–Crippen MR) is 60.1 cm³/mol. The normalized spacial score (nSPS) is 33.6. The van der Waals surface area contributed by atoms with Crippen LogP contribution in [0.15, 0.2) is 0 Å². The maximum absolute atomic E-state index is 5.79. The van der Waals surface area contributed by atoms with Crippen molar-refractivity contribution in [3.05, 3.63) is 0 Å². The molecule has 1 fully saturated rings. The molecule has 3 atom stereocenters. The molecular formula is C12H25NO. The molecule has 1 saturated carbocycles. The average Bonchev–Trinajstić information content (AvgIpc) is 2.18.